The quantitative estimate of drug-likeness (QED) is 0.291. The van der Waals surface area contributed by atoms with E-state index in [1.54, 1.807) is 6.21 Å². The summed E-state index contributed by atoms with van der Waals surface area (Å²) >= 11 is 0. The second-order valence-corrected chi connectivity index (χ2v) is 3.67. The van der Waals surface area contributed by atoms with Gasteiger partial charge in [0.25, 0.3) is 0 Å². The second kappa shape index (κ2) is 4.75. The molecule has 0 saturated carbocycles. The molecule has 0 aromatic heterocycles. The summed E-state index contributed by atoms with van der Waals surface area (Å²) in [6.45, 7) is 8.47. The number of nitrogens with two attached hydrogens (primary N) is 1. The minimum absolute atomic E-state index is 0.147. The third-order valence-corrected chi connectivity index (χ3v) is 1.55. The molecular weight excluding hydrogens is 148 g/mol. The molecule has 2 heteroatoms. The van der Waals surface area contributed by atoms with Crippen molar-refractivity contribution in [1.29, 1.82) is 0 Å². The molecule has 0 fully saturated rings. The van der Waals surface area contributed by atoms with Gasteiger partial charge in [0, 0.05) is 6.21 Å². The monoisotopic (exact) mass is 166 g/mol. The van der Waals surface area contributed by atoms with Crippen molar-refractivity contribution in [3.63, 3.8) is 0 Å². The van der Waals surface area contributed by atoms with Crippen LogP contribution in [0.25, 0.3) is 0 Å². The van der Waals surface area contributed by atoms with Gasteiger partial charge in [-0.3, -0.25) is 0 Å². The number of hydrogen-bond donors (Lipinski definition) is 1. The van der Waals surface area contributed by atoms with Crippen molar-refractivity contribution in [3.05, 3.63) is 23.8 Å². The summed E-state index contributed by atoms with van der Waals surface area (Å²) in [6, 6.07) is 0. The van der Waals surface area contributed by atoms with Gasteiger partial charge in [0.1, 0.15) is 0 Å². The molecule has 0 aromatic carbocycles. The van der Waals surface area contributed by atoms with Crippen molar-refractivity contribution in [3.8, 4) is 0 Å². The molecule has 0 atom stereocenters. The van der Waals surface area contributed by atoms with Gasteiger partial charge in [-0.1, -0.05) is 32.9 Å². The Balaban J connectivity index is 4.67. The lowest BCUT2D eigenvalue weighted by Crippen LogP contribution is -2.07. The zero-order chi connectivity index (χ0) is 9.61. The first-order valence-corrected chi connectivity index (χ1v) is 4.09. The van der Waals surface area contributed by atoms with Gasteiger partial charge in [-0.25, -0.2) is 0 Å². The van der Waals surface area contributed by atoms with Crippen LogP contribution >= 0.6 is 0 Å². The highest BCUT2D eigenvalue weighted by Gasteiger charge is 2.12. The Morgan fingerprint density at radius 2 is 1.92 bits per heavy atom. The Hall–Kier alpha value is -1.05. The van der Waals surface area contributed by atoms with Crippen molar-refractivity contribution in [2.75, 3.05) is 0 Å². The Kier molecular flexibility index (Phi) is 4.34. The van der Waals surface area contributed by atoms with Crippen LogP contribution in [0.5, 0.6) is 0 Å². The topological polar surface area (TPSA) is 38.4 Å². The molecule has 0 aliphatic heterocycles. The SMILES string of the molecule is C\C=C/C(=C\C=N/N)C(C)(C)C. The zero-order valence-electron chi connectivity index (χ0n) is 8.33. The molecule has 0 aromatic rings. The molecule has 68 valence electrons. The van der Waals surface area contributed by atoms with E-state index < -0.39 is 0 Å². The van der Waals surface area contributed by atoms with Gasteiger partial charge in [0.05, 0.1) is 0 Å². The Labute approximate surface area is 74.8 Å². The first kappa shape index (κ1) is 11.0. The Bertz CT molecular complexity index is 204. The van der Waals surface area contributed by atoms with E-state index in [1.807, 2.05) is 19.1 Å². The molecule has 2 nitrogen and oxygen atoms in total. The van der Waals surface area contributed by atoms with Crippen molar-refractivity contribution >= 4 is 6.21 Å². The van der Waals surface area contributed by atoms with Crippen LogP contribution in [0, 0.1) is 5.41 Å². The van der Waals surface area contributed by atoms with E-state index >= 15 is 0 Å². The lowest BCUT2D eigenvalue weighted by Gasteiger charge is -2.19. The average Bonchev–Trinajstić information content (AvgIpc) is 1.95. The fraction of sp³-hybridized carbons (Fsp3) is 0.500. The van der Waals surface area contributed by atoms with Crippen molar-refractivity contribution in [2.24, 2.45) is 16.4 Å². The zero-order valence-corrected chi connectivity index (χ0v) is 8.33. The molecule has 0 radical (unpaired) electrons. The number of allylic oxidation sites excluding steroid dienone is 4. The number of hydrazone groups is 1. The second-order valence-electron chi connectivity index (χ2n) is 3.67. The van der Waals surface area contributed by atoms with E-state index in [0.717, 1.165) is 0 Å². The minimum atomic E-state index is 0.147. The maximum Gasteiger partial charge on any atom is 0.0468 e. The minimum Gasteiger partial charge on any atom is -0.323 e. The summed E-state index contributed by atoms with van der Waals surface area (Å²) in [5.41, 5.74) is 1.37. The molecule has 0 aliphatic carbocycles. The molecule has 12 heavy (non-hydrogen) atoms. The number of nitrogens with zero attached hydrogens (tertiary/aromatic N) is 1. The molecule has 0 heterocycles. The van der Waals surface area contributed by atoms with Crippen LogP contribution in [0.1, 0.15) is 27.7 Å². The van der Waals surface area contributed by atoms with E-state index in [9.17, 15) is 0 Å². The molecule has 2 N–H and O–H groups in total. The molecule has 0 unspecified atom stereocenters. The van der Waals surface area contributed by atoms with Gasteiger partial charge in [0.2, 0.25) is 0 Å². The van der Waals surface area contributed by atoms with Crippen molar-refractivity contribution in [2.45, 2.75) is 27.7 Å². The normalized spacial score (nSPS) is 14.8. The lowest BCUT2D eigenvalue weighted by atomic mass is 9.86. The van der Waals surface area contributed by atoms with Crippen LogP contribution in [0.4, 0.5) is 0 Å². The van der Waals surface area contributed by atoms with Gasteiger partial charge >= 0.3 is 0 Å². The van der Waals surface area contributed by atoms with E-state index in [4.69, 9.17) is 5.84 Å². The van der Waals surface area contributed by atoms with Crippen molar-refractivity contribution in [1.82, 2.24) is 0 Å². The average molecular weight is 166 g/mol. The van der Waals surface area contributed by atoms with E-state index in [-0.39, 0.29) is 5.41 Å². The predicted molar refractivity (Wildman–Crippen MR) is 55.0 cm³/mol. The van der Waals surface area contributed by atoms with Gasteiger partial charge < -0.3 is 5.84 Å². The summed E-state index contributed by atoms with van der Waals surface area (Å²) in [4.78, 5) is 0. The molecular formula is C10H18N2. The molecule has 0 rings (SSSR count). The standard InChI is InChI=1S/C10H18N2/c1-5-6-9(7-8-12-11)10(2,3)4/h5-8H,11H2,1-4H3/b6-5-,9-7+,12-8-. The molecule has 0 saturated heterocycles. The predicted octanol–water partition coefficient (Wildman–Crippen LogP) is 2.48. The number of hydrogen-bond acceptors (Lipinski definition) is 2. The van der Waals surface area contributed by atoms with Crippen LogP contribution in [-0.2, 0) is 0 Å². The smallest absolute Gasteiger partial charge is 0.0468 e. The fourth-order valence-electron chi connectivity index (χ4n) is 0.858. The van der Waals surface area contributed by atoms with Crippen LogP contribution in [0.15, 0.2) is 28.9 Å². The third-order valence-electron chi connectivity index (χ3n) is 1.55. The van der Waals surface area contributed by atoms with E-state index in [1.165, 1.54) is 5.57 Å². The van der Waals surface area contributed by atoms with Gasteiger partial charge in [0.15, 0.2) is 0 Å². The molecule has 0 amide bonds. The maximum atomic E-state index is 5.02. The molecule has 0 spiro atoms. The largest absolute Gasteiger partial charge is 0.323 e. The van der Waals surface area contributed by atoms with Gasteiger partial charge in [-0.2, -0.15) is 5.10 Å². The number of rotatable bonds is 2. The summed E-state index contributed by atoms with van der Waals surface area (Å²) in [5.74, 6) is 5.02. The molecule has 0 bridgehead atoms. The Morgan fingerprint density at radius 3 is 2.25 bits per heavy atom. The summed E-state index contributed by atoms with van der Waals surface area (Å²) in [6.07, 6.45) is 7.63. The van der Waals surface area contributed by atoms with Gasteiger partial charge in [-0.15, -0.1) is 0 Å². The van der Waals surface area contributed by atoms with Crippen molar-refractivity contribution < 1.29 is 0 Å². The first-order valence-electron chi connectivity index (χ1n) is 4.09. The van der Waals surface area contributed by atoms with Crippen LogP contribution < -0.4 is 5.84 Å². The Morgan fingerprint density at radius 1 is 1.33 bits per heavy atom. The fourth-order valence-corrected chi connectivity index (χ4v) is 0.858. The van der Waals surface area contributed by atoms with Crippen LogP contribution in [-0.4, -0.2) is 6.21 Å². The van der Waals surface area contributed by atoms with E-state index in [0.29, 0.717) is 0 Å². The highest BCUT2D eigenvalue weighted by Crippen LogP contribution is 2.25. The third kappa shape index (κ3) is 3.96. The van der Waals surface area contributed by atoms with Gasteiger partial charge in [-0.05, 0) is 24.0 Å². The summed E-state index contributed by atoms with van der Waals surface area (Å²) in [7, 11) is 0. The lowest BCUT2D eigenvalue weighted by molar-refractivity contribution is 0.517. The van der Waals surface area contributed by atoms with Crippen LogP contribution in [0.2, 0.25) is 0 Å². The molecule has 0 aliphatic rings. The maximum absolute atomic E-state index is 5.02. The highest BCUT2D eigenvalue weighted by atomic mass is 15.1. The summed E-state index contributed by atoms with van der Waals surface area (Å²) in [5, 5.41) is 3.44. The van der Waals surface area contributed by atoms with E-state index in [2.05, 4.69) is 31.9 Å². The summed E-state index contributed by atoms with van der Waals surface area (Å²) < 4.78 is 0. The first-order chi connectivity index (χ1) is 5.52. The van der Waals surface area contributed by atoms with Crippen LogP contribution in [0.3, 0.4) is 0 Å². The highest BCUT2D eigenvalue weighted by molar-refractivity contribution is 5.73.